The van der Waals surface area contributed by atoms with Gasteiger partial charge in [0.1, 0.15) is 0 Å². The lowest BCUT2D eigenvalue weighted by molar-refractivity contribution is 0.477. The standard InChI is InChI=1S/C14H20N2O4S2/c1-11-9-12-10-13(22(19,20)15-7-3-4-8-15)5-6-14(12)16(11)21(2,17)18/h5-6,10-11H,3-4,7-9H2,1-2H3. The number of hydrogen-bond acceptors (Lipinski definition) is 4. The van der Waals surface area contributed by atoms with Crippen molar-refractivity contribution >= 4 is 25.7 Å². The molecular formula is C14H20N2O4S2. The average molecular weight is 344 g/mol. The van der Waals surface area contributed by atoms with E-state index in [0.29, 0.717) is 25.2 Å². The van der Waals surface area contributed by atoms with Crippen molar-refractivity contribution in [1.29, 1.82) is 0 Å². The fraction of sp³-hybridized carbons (Fsp3) is 0.571. The smallest absolute Gasteiger partial charge is 0.243 e. The van der Waals surface area contributed by atoms with Gasteiger partial charge in [0.25, 0.3) is 0 Å². The quantitative estimate of drug-likeness (QED) is 0.825. The summed E-state index contributed by atoms with van der Waals surface area (Å²) in [5, 5.41) is 0. The maximum Gasteiger partial charge on any atom is 0.243 e. The molecular weight excluding hydrogens is 324 g/mol. The van der Waals surface area contributed by atoms with E-state index >= 15 is 0 Å². The zero-order valence-electron chi connectivity index (χ0n) is 12.7. The molecule has 0 N–H and O–H groups in total. The summed E-state index contributed by atoms with van der Waals surface area (Å²) < 4.78 is 51.8. The summed E-state index contributed by atoms with van der Waals surface area (Å²) in [7, 11) is -6.82. The van der Waals surface area contributed by atoms with Crippen molar-refractivity contribution in [3.8, 4) is 0 Å². The van der Waals surface area contributed by atoms with Gasteiger partial charge in [-0.3, -0.25) is 4.31 Å². The van der Waals surface area contributed by atoms with Crippen molar-refractivity contribution in [2.45, 2.75) is 37.1 Å². The van der Waals surface area contributed by atoms with Crippen molar-refractivity contribution < 1.29 is 16.8 Å². The molecule has 0 saturated carbocycles. The van der Waals surface area contributed by atoms with Gasteiger partial charge in [-0.1, -0.05) is 0 Å². The van der Waals surface area contributed by atoms with Crippen molar-refractivity contribution in [1.82, 2.24) is 4.31 Å². The second kappa shape index (κ2) is 5.21. The van der Waals surface area contributed by atoms with Gasteiger partial charge in [-0.15, -0.1) is 0 Å². The molecule has 1 atom stereocenters. The molecule has 1 aromatic carbocycles. The van der Waals surface area contributed by atoms with Crippen LogP contribution in [0.4, 0.5) is 5.69 Å². The molecule has 0 bridgehead atoms. The number of sulfonamides is 2. The zero-order chi connectivity index (χ0) is 16.1. The van der Waals surface area contributed by atoms with Gasteiger partial charge < -0.3 is 0 Å². The van der Waals surface area contributed by atoms with E-state index in [-0.39, 0.29) is 10.9 Å². The third-order valence-corrected chi connectivity index (χ3v) is 7.43. The second-order valence-corrected chi connectivity index (χ2v) is 9.81. The Morgan fingerprint density at radius 2 is 1.73 bits per heavy atom. The van der Waals surface area contributed by atoms with E-state index in [9.17, 15) is 16.8 Å². The Morgan fingerprint density at radius 3 is 2.32 bits per heavy atom. The highest BCUT2D eigenvalue weighted by Crippen LogP contribution is 2.36. The zero-order valence-corrected chi connectivity index (χ0v) is 14.3. The molecule has 0 amide bonds. The Balaban J connectivity index is 2.02. The first-order valence-electron chi connectivity index (χ1n) is 7.34. The Labute approximate surface area is 131 Å². The number of fused-ring (bicyclic) bond motifs is 1. The minimum atomic E-state index is -3.47. The molecule has 1 aromatic rings. The molecule has 122 valence electrons. The van der Waals surface area contributed by atoms with Crippen LogP contribution in [0.15, 0.2) is 23.1 Å². The van der Waals surface area contributed by atoms with Crippen LogP contribution in [0.25, 0.3) is 0 Å². The fourth-order valence-corrected chi connectivity index (χ4v) is 6.15. The van der Waals surface area contributed by atoms with Crippen LogP contribution >= 0.6 is 0 Å². The first-order chi connectivity index (χ1) is 10.2. The molecule has 0 aliphatic carbocycles. The molecule has 8 heteroatoms. The number of anilines is 1. The Bertz CT molecular complexity index is 796. The van der Waals surface area contributed by atoms with Crippen LogP contribution in [-0.2, 0) is 26.5 Å². The van der Waals surface area contributed by atoms with Crippen molar-refractivity contribution in [2.75, 3.05) is 23.7 Å². The number of nitrogens with zero attached hydrogens (tertiary/aromatic N) is 2. The van der Waals surface area contributed by atoms with Crippen molar-refractivity contribution in [2.24, 2.45) is 0 Å². The minimum Gasteiger partial charge on any atom is -0.267 e. The lowest BCUT2D eigenvalue weighted by Crippen LogP contribution is -2.34. The van der Waals surface area contributed by atoms with Gasteiger partial charge in [0, 0.05) is 19.1 Å². The number of hydrogen-bond donors (Lipinski definition) is 0. The molecule has 22 heavy (non-hydrogen) atoms. The van der Waals surface area contributed by atoms with E-state index in [2.05, 4.69) is 0 Å². The maximum atomic E-state index is 12.6. The van der Waals surface area contributed by atoms with E-state index in [1.54, 1.807) is 12.1 Å². The minimum absolute atomic E-state index is 0.185. The largest absolute Gasteiger partial charge is 0.267 e. The van der Waals surface area contributed by atoms with Gasteiger partial charge in [0.05, 0.1) is 16.8 Å². The maximum absolute atomic E-state index is 12.6. The first-order valence-corrected chi connectivity index (χ1v) is 10.6. The highest BCUT2D eigenvalue weighted by atomic mass is 32.2. The topological polar surface area (TPSA) is 74.8 Å². The monoisotopic (exact) mass is 344 g/mol. The molecule has 2 aliphatic heterocycles. The summed E-state index contributed by atoms with van der Waals surface area (Å²) in [5.41, 5.74) is 1.37. The van der Waals surface area contributed by atoms with E-state index < -0.39 is 20.0 Å². The molecule has 6 nitrogen and oxygen atoms in total. The molecule has 1 fully saturated rings. The van der Waals surface area contributed by atoms with E-state index in [4.69, 9.17) is 0 Å². The Hall–Kier alpha value is -1.12. The summed E-state index contributed by atoms with van der Waals surface area (Å²) in [6, 6.07) is 4.57. The fourth-order valence-electron chi connectivity index (χ4n) is 3.32. The SMILES string of the molecule is CC1Cc2cc(S(=O)(=O)N3CCCC3)ccc2N1S(C)(=O)=O. The number of rotatable bonds is 3. The van der Waals surface area contributed by atoms with Crippen LogP contribution in [0, 0.1) is 0 Å². The normalized spacial score (nSPS) is 23.0. The molecule has 2 heterocycles. The Morgan fingerprint density at radius 1 is 1.09 bits per heavy atom. The molecule has 1 unspecified atom stereocenters. The lowest BCUT2D eigenvalue weighted by Gasteiger charge is -2.22. The van der Waals surface area contributed by atoms with Gasteiger partial charge in [-0.25, -0.2) is 16.8 Å². The Kier molecular flexibility index (Phi) is 3.73. The molecule has 0 radical (unpaired) electrons. The molecule has 0 aromatic heterocycles. The molecule has 3 rings (SSSR count). The summed E-state index contributed by atoms with van der Waals surface area (Å²) in [6.07, 6.45) is 3.49. The molecule has 0 spiro atoms. The predicted molar refractivity (Wildman–Crippen MR) is 84.9 cm³/mol. The third kappa shape index (κ3) is 2.53. The summed E-state index contributed by atoms with van der Waals surface area (Å²) in [6.45, 7) is 2.95. The van der Waals surface area contributed by atoms with Crippen LogP contribution in [-0.4, -0.2) is 46.5 Å². The number of benzene rings is 1. The van der Waals surface area contributed by atoms with Crippen molar-refractivity contribution in [3.63, 3.8) is 0 Å². The van der Waals surface area contributed by atoms with Crippen molar-refractivity contribution in [3.05, 3.63) is 23.8 Å². The van der Waals surface area contributed by atoms with Crippen LogP contribution in [0.2, 0.25) is 0 Å². The summed E-state index contributed by atoms with van der Waals surface area (Å²) >= 11 is 0. The highest BCUT2D eigenvalue weighted by Gasteiger charge is 2.34. The van der Waals surface area contributed by atoms with Gasteiger partial charge in [-0.05, 0) is 49.9 Å². The first kappa shape index (κ1) is 15.8. The van der Waals surface area contributed by atoms with E-state index in [1.165, 1.54) is 20.9 Å². The second-order valence-electron chi connectivity index (χ2n) is 6.01. The van der Waals surface area contributed by atoms with Gasteiger partial charge in [0.2, 0.25) is 20.0 Å². The molecule has 1 saturated heterocycles. The summed E-state index contributed by atoms with van der Waals surface area (Å²) in [5.74, 6) is 0. The van der Waals surface area contributed by atoms with E-state index in [1.807, 2.05) is 6.92 Å². The summed E-state index contributed by atoms with van der Waals surface area (Å²) in [4.78, 5) is 0.260. The van der Waals surface area contributed by atoms with Crippen LogP contribution < -0.4 is 4.31 Å². The van der Waals surface area contributed by atoms with Gasteiger partial charge in [-0.2, -0.15) is 4.31 Å². The van der Waals surface area contributed by atoms with Gasteiger partial charge in [0.15, 0.2) is 0 Å². The van der Waals surface area contributed by atoms with Crippen LogP contribution in [0.1, 0.15) is 25.3 Å². The molecule has 2 aliphatic rings. The van der Waals surface area contributed by atoms with E-state index in [0.717, 1.165) is 18.4 Å². The van der Waals surface area contributed by atoms with Crippen LogP contribution in [0.5, 0.6) is 0 Å². The predicted octanol–water partition coefficient (Wildman–Crippen LogP) is 1.18. The highest BCUT2D eigenvalue weighted by molar-refractivity contribution is 7.92. The lowest BCUT2D eigenvalue weighted by atomic mass is 10.1. The van der Waals surface area contributed by atoms with Crippen LogP contribution in [0.3, 0.4) is 0 Å². The average Bonchev–Trinajstić information content (AvgIpc) is 3.02. The van der Waals surface area contributed by atoms with Gasteiger partial charge >= 0.3 is 0 Å². The third-order valence-electron chi connectivity index (χ3n) is 4.26.